The fraction of sp³-hybridized carbons (Fsp3) is 0.385. The summed E-state index contributed by atoms with van der Waals surface area (Å²) in [6, 6.07) is 10.5. The number of nitrogens with one attached hydrogen (secondary N) is 2. The summed E-state index contributed by atoms with van der Waals surface area (Å²) in [5.41, 5.74) is 2.77. The maximum Gasteiger partial charge on any atom is 0.270 e. The molecule has 0 radical (unpaired) electrons. The Kier molecular flexibility index (Phi) is 9.84. The van der Waals surface area contributed by atoms with Crippen molar-refractivity contribution in [2.75, 3.05) is 43.6 Å². The number of carbonyl (C=O) groups is 1. The molecule has 1 unspecified atom stereocenters. The molecule has 10 heteroatoms. The second-order valence-corrected chi connectivity index (χ2v) is 8.35. The molecule has 3 heterocycles. The monoisotopic (exact) mass is 512 g/mol. The molecule has 4 rings (SSSR count). The number of pyridine rings is 1. The Hall–Kier alpha value is -3.43. The van der Waals surface area contributed by atoms with E-state index in [0.29, 0.717) is 60.2 Å². The molecule has 0 aliphatic carbocycles. The highest BCUT2D eigenvalue weighted by molar-refractivity contribution is 6.31. The number of morpholine rings is 1. The van der Waals surface area contributed by atoms with Crippen LogP contribution in [-0.4, -0.2) is 54.3 Å². The lowest BCUT2D eigenvalue weighted by molar-refractivity contribution is 0.0934. The number of methoxy groups -OCH3 is 1. The summed E-state index contributed by atoms with van der Waals surface area (Å²) in [6.07, 6.45) is 1.51. The minimum atomic E-state index is -0.388. The standard InChI is InChI=1S/C24H27ClN6O3.C2H6/c1-15-4-5-17(12-19(15)25)28-22-13-21(29-24(30-22)31-8-10-34-11-9-31)16(2)27-23(32)20-7-6-18(33-3)14-26-20;1-2/h4-7,12-14,16H,8-11H2,1-3H3,(H,27,32)(H,28,29,30);1-2H3. The van der Waals surface area contributed by atoms with Crippen molar-refractivity contribution in [2.24, 2.45) is 0 Å². The van der Waals surface area contributed by atoms with Gasteiger partial charge in [0.1, 0.15) is 17.3 Å². The number of ether oxygens (including phenoxy) is 2. The van der Waals surface area contributed by atoms with E-state index in [9.17, 15) is 4.79 Å². The Bertz CT molecular complexity index is 1150. The lowest BCUT2D eigenvalue weighted by atomic mass is 10.2. The van der Waals surface area contributed by atoms with E-state index in [4.69, 9.17) is 31.0 Å². The first-order valence-electron chi connectivity index (χ1n) is 12.0. The highest BCUT2D eigenvalue weighted by Crippen LogP contribution is 2.25. The van der Waals surface area contributed by atoms with E-state index < -0.39 is 0 Å². The summed E-state index contributed by atoms with van der Waals surface area (Å²) < 4.78 is 10.6. The molecule has 3 aromatic rings. The van der Waals surface area contributed by atoms with Gasteiger partial charge in [-0.15, -0.1) is 0 Å². The van der Waals surface area contributed by atoms with Crippen LogP contribution in [0.25, 0.3) is 0 Å². The van der Waals surface area contributed by atoms with Crippen LogP contribution in [0.1, 0.15) is 48.6 Å². The van der Waals surface area contributed by atoms with Crippen LogP contribution in [0.4, 0.5) is 17.5 Å². The van der Waals surface area contributed by atoms with Crippen molar-refractivity contribution in [3.63, 3.8) is 0 Å². The summed E-state index contributed by atoms with van der Waals surface area (Å²) in [5, 5.41) is 6.94. The molecule has 1 amide bonds. The third kappa shape index (κ3) is 7.05. The molecule has 2 aromatic heterocycles. The molecular formula is C26H33ClN6O3. The first-order chi connectivity index (χ1) is 17.4. The summed E-state index contributed by atoms with van der Waals surface area (Å²) in [6.45, 7) is 10.4. The Labute approximate surface area is 217 Å². The SMILES string of the molecule is CC.COc1ccc(C(=O)NC(C)c2cc(Nc3ccc(C)c(Cl)c3)nc(N3CCOCC3)n2)nc1. The van der Waals surface area contributed by atoms with E-state index in [1.54, 1.807) is 19.2 Å². The van der Waals surface area contributed by atoms with Gasteiger partial charge in [0.25, 0.3) is 5.91 Å². The number of rotatable bonds is 7. The van der Waals surface area contributed by atoms with Crippen molar-refractivity contribution >= 4 is 35.0 Å². The number of anilines is 3. The highest BCUT2D eigenvalue weighted by Gasteiger charge is 2.20. The van der Waals surface area contributed by atoms with Gasteiger partial charge < -0.3 is 25.0 Å². The Balaban J connectivity index is 0.00000176. The molecule has 192 valence electrons. The molecule has 0 bridgehead atoms. The van der Waals surface area contributed by atoms with Crippen LogP contribution in [0.2, 0.25) is 5.02 Å². The van der Waals surface area contributed by atoms with E-state index in [0.717, 1.165) is 11.3 Å². The molecule has 0 saturated carbocycles. The minimum absolute atomic E-state index is 0.294. The van der Waals surface area contributed by atoms with Crippen LogP contribution in [-0.2, 0) is 4.74 Å². The third-order valence-electron chi connectivity index (χ3n) is 5.47. The zero-order valence-corrected chi connectivity index (χ0v) is 22.1. The summed E-state index contributed by atoms with van der Waals surface area (Å²) in [7, 11) is 1.55. The van der Waals surface area contributed by atoms with Crippen LogP contribution < -0.4 is 20.3 Å². The normalized spacial score (nSPS) is 13.8. The third-order valence-corrected chi connectivity index (χ3v) is 5.88. The van der Waals surface area contributed by atoms with Gasteiger partial charge in [-0.3, -0.25) is 4.79 Å². The van der Waals surface area contributed by atoms with Gasteiger partial charge in [0.05, 0.1) is 38.3 Å². The van der Waals surface area contributed by atoms with E-state index in [1.165, 1.54) is 6.20 Å². The molecule has 2 N–H and O–H groups in total. The van der Waals surface area contributed by atoms with Gasteiger partial charge in [-0.1, -0.05) is 31.5 Å². The topological polar surface area (TPSA) is 102 Å². The zero-order chi connectivity index (χ0) is 26.1. The molecule has 1 aromatic carbocycles. The maximum absolute atomic E-state index is 12.7. The molecule has 36 heavy (non-hydrogen) atoms. The quantitative estimate of drug-likeness (QED) is 0.459. The number of carbonyl (C=O) groups excluding carboxylic acids is 1. The molecule has 9 nitrogen and oxygen atoms in total. The smallest absolute Gasteiger partial charge is 0.270 e. The second-order valence-electron chi connectivity index (χ2n) is 7.94. The van der Waals surface area contributed by atoms with Crippen molar-refractivity contribution in [3.8, 4) is 5.75 Å². The fourth-order valence-corrected chi connectivity index (χ4v) is 3.62. The van der Waals surface area contributed by atoms with E-state index in [-0.39, 0.29) is 11.9 Å². The lowest BCUT2D eigenvalue weighted by Gasteiger charge is -2.28. The van der Waals surface area contributed by atoms with E-state index in [2.05, 4.69) is 20.5 Å². The van der Waals surface area contributed by atoms with Crippen LogP contribution in [0.5, 0.6) is 5.75 Å². The number of aryl methyl sites for hydroxylation is 1. The van der Waals surface area contributed by atoms with Gasteiger partial charge in [0, 0.05) is 29.9 Å². The number of aromatic nitrogens is 3. The zero-order valence-electron chi connectivity index (χ0n) is 21.3. The van der Waals surface area contributed by atoms with Crippen molar-refractivity contribution in [3.05, 3.63) is 64.6 Å². The molecule has 1 saturated heterocycles. The highest BCUT2D eigenvalue weighted by atomic mass is 35.5. The van der Waals surface area contributed by atoms with Crippen LogP contribution >= 0.6 is 11.6 Å². The predicted octanol–water partition coefficient (Wildman–Crippen LogP) is 4.94. The predicted molar refractivity (Wildman–Crippen MR) is 143 cm³/mol. The summed E-state index contributed by atoms with van der Waals surface area (Å²) in [5.74, 6) is 1.46. The first kappa shape index (κ1) is 27.2. The Morgan fingerprint density at radius 3 is 2.53 bits per heavy atom. The number of benzene rings is 1. The second kappa shape index (κ2) is 13.0. The van der Waals surface area contributed by atoms with Crippen molar-refractivity contribution < 1.29 is 14.3 Å². The van der Waals surface area contributed by atoms with Gasteiger partial charge in [-0.2, -0.15) is 4.98 Å². The van der Waals surface area contributed by atoms with Crippen LogP contribution in [0.15, 0.2) is 42.6 Å². The number of halogens is 1. The van der Waals surface area contributed by atoms with Gasteiger partial charge >= 0.3 is 0 Å². The van der Waals surface area contributed by atoms with Crippen LogP contribution in [0.3, 0.4) is 0 Å². The van der Waals surface area contributed by atoms with Crippen molar-refractivity contribution in [1.29, 1.82) is 0 Å². The maximum atomic E-state index is 12.7. The summed E-state index contributed by atoms with van der Waals surface area (Å²) in [4.78, 5) is 28.4. The molecule has 0 spiro atoms. The van der Waals surface area contributed by atoms with Crippen molar-refractivity contribution in [1.82, 2.24) is 20.3 Å². The molecular weight excluding hydrogens is 480 g/mol. The number of nitrogens with zero attached hydrogens (tertiary/aromatic N) is 4. The van der Waals surface area contributed by atoms with Gasteiger partial charge in [-0.05, 0) is 43.7 Å². The molecule has 1 fully saturated rings. The van der Waals surface area contributed by atoms with Gasteiger partial charge in [0.2, 0.25) is 5.95 Å². The first-order valence-corrected chi connectivity index (χ1v) is 12.4. The Morgan fingerprint density at radius 2 is 1.89 bits per heavy atom. The number of hydrogen-bond donors (Lipinski definition) is 2. The number of amides is 1. The average Bonchev–Trinajstić information content (AvgIpc) is 2.92. The fourth-order valence-electron chi connectivity index (χ4n) is 3.44. The molecule has 1 atom stereocenters. The van der Waals surface area contributed by atoms with E-state index >= 15 is 0 Å². The Morgan fingerprint density at radius 1 is 1.14 bits per heavy atom. The lowest BCUT2D eigenvalue weighted by Crippen LogP contribution is -2.38. The number of hydrogen-bond acceptors (Lipinski definition) is 8. The van der Waals surface area contributed by atoms with Crippen molar-refractivity contribution in [2.45, 2.75) is 33.7 Å². The average molecular weight is 513 g/mol. The van der Waals surface area contributed by atoms with Gasteiger partial charge in [-0.25, -0.2) is 9.97 Å². The molecule has 1 aliphatic rings. The minimum Gasteiger partial charge on any atom is -0.495 e. The van der Waals surface area contributed by atoms with E-state index in [1.807, 2.05) is 52.0 Å². The van der Waals surface area contributed by atoms with Crippen LogP contribution in [0, 0.1) is 6.92 Å². The van der Waals surface area contributed by atoms with Gasteiger partial charge in [0.15, 0.2) is 0 Å². The molecule has 1 aliphatic heterocycles. The largest absolute Gasteiger partial charge is 0.495 e. The summed E-state index contributed by atoms with van der Waals surface area (Å²) >= 11 is 6.29.